The normalized spacial score (nSPS) is 11.4. The molecule has 0 fully saturated rings. The van der Waals surface area contributed by atoms with Crippen molar-refractivity contribution in [3.63, 3.8) is 0 Å². The number of hydrazine groups is 1. The minimum Gasteiger partial charge on any atom is -0.273 e. The van der Waals surface area contributed by atoms with Gasteiger partial charge in [0, 0.05) is 24.9 Å². The number of aromatic nitrogens is 2. The van der Waals surface area contributed by atoms with E-state index in [0.717, 1.165) is 5.56 Å². The number of carbonyl (C=O) groups excluding carboxylic acids is 2. The van der Waals surface area contributed by atoms with Crippen molar-refractivity contribution < 1.29 is 18.0 Å². The van der Waals surface area contributed by atoms with E-state index in [-0.39, 0.29) is 35.7 Å². The highest BCUT2D eigenvalue weighted by atomic mass is 32.2. The summed E-state index contributed by atoms with van der Waals surface area (Å²) in [6.45, 7) is 5.33. The molecule has 174 valence electrons. The first-order chi connectivity index (χ1) is 15.6. The number of carbonyl (C=O) groups is 2. The van der Waals surface area contributed by atoms with Gasteiger partial charge in [-0.25, -0.2) is 17.8 Å². The van der Waals surface area contributed by atoms with Crippen LogP contribution in [0.15, 0.2) is 52.2 Å². The number of hydrogen-bond donors (Lipinski definition) is 3. The largest absolute Gasteiger partial charge is 0.290 e. The molecule has 3 aromatic rings. The average molecular weight is 472 g/mol. The number of sulfonamides is 1. The quantitative estimate of drug-likeness (QED) is 0.442. The van der Waals surface area contributed by atoms with Crippen LogP contribution in [-0.2, 0) is 21.4 Å². The highest BCUT2D eigenvalue weighted by molar-refractivity contribution is 7.89. The van der Waals surface area contributed by atoms with E-state index in [1.165, 1.54) is 4.68 Å². The van der Waals surface area contributed by atoms with E-state index in [9.17, 15) is 22.8 Å². The van der Waals surface area contributed by atoms with Crippen molar-refractivity contribution in [1.82, 2.24) is 25.4 Å². The van der Waals surface area contributed by atoms with Gasteiger partial charge in [0.05, 0.1) is 10.3 Å². The van der Waals surface area contributed by atoms with Crippen LogP contribution >= 0.6 is 0 Å². The molecule has 0 spiro atoms. The van der Waals surface area contributed by atoms with Crippen LogP contribution in [0.25, 0.3) is 10.8 Å². The number of benzene rings is 2. The number of nitrogens with zero attached hydrogens (tertiary/aromatic N) is 2. The highest BCUT2D eigenvalue weighted by Gasteiger charge is 2.19. The number of hydrogen-bond acceptors (Lipinski definition) is 6. The predicted octanol–water partition coefficient (Wildman–Crippen LogP) is 1.16. The highest BCUT2D eigenvalue weighted by Crippen LogP contribution is 2.16. The summed E-state index contributed by atoms with van der Waals surface area (Å²) in [6.07, 6.45) is -0.201. The number of rotatable bonds is 7. The van der Waals surface area contributed by atoms with Crippen molar-refractivity contribution in [2.45, 2.75) is 38.6 Å². The molecule has 0 aliphatic heterocycles. The Morgan fingerprint density at radius 2 is 1.73 bits per heavy atom. The number of nitrogens with one attached hydrogen (secondary N) is 3. The van der Waals surface area contributed by atoms with Gasteiger partial charge in [-0.3, -0.25) is 25.2 Å². The molecule has 1 aromatic heterocycles. The summed E-state index contributed by atoms with van der Waals surface area (Å²) >= 11 is 0. The maximum atomic E-state index is 12.6. The van der Waals surface area contributed by atoms with Gasteiger partial charge in [-0.15, -0.1) is 0 Å². The lowest BCUT2D eigenvalue weighted by atomic mass is 10.1. The number of fused-ring (bicyclic) bond motifs is 1. The lowest BCUT2D eigenvalue weighted by Gasteiger charge is -2.12. The summed E-state index contributed by atoms with van der Waals surface area (Å²) in [7, 11) is -3.78. The lowest BCUT2D eigenvalue weighted by Crippen LogP contribution is -2.43. The fraction of sp³-hybridized carbons (Fsp3) is 0.273. The Bertz CT molecular complexity index is 1380. The predicted molar refractivity (Wildman–Crippen MR) is 123 cm³/mol. The molecule has 0 unspecified atom stereocenters. The molecule has 3 N–H and O–H groups in total. The minimum atomic E-state index is -3.78. The van der Waals surface area contributed by atoms with Gasteiger partial charge in [-0.2, -0.15) is 5.10 Å². The second-order valence-corrected chi connectivity index (χ2v) is 9.17. The van der Waals surface area contributed by atoms with Gasteiger partial charge in [0.1, 0.15) is 0 Å². The van der Waals surface area contributed by atoms with Crippen LogP contribution in [0, 0.1) is 13.8 Å². The standard InChI is InChI=1S/C22H25N5O5S/c1-4-27-22(30)17-8-6-5-7-16(17)20(26-27)21(29)25-24-19(28)11-12-23-33(31,32)18-13-14(2)9-10-15(18)3/h5-10,13,23H,4,11-12H2,1-3H3,(H,24,28)(H,25,29). The Morgan fingerprint density at radius 1 is 1.03 bits per heavy atom. The zero-order valence-electron chi connectivity index (χ0n) is 18.5. The molecule has 2 amide bonds. The number of aryl methyl sites for hydroxylation is 3. The minimum absolute atomic E-state index is 0.0111. The SMILES string of the molecule is CCn1nc(C(=O)NNC(=O)CCNS(=O)(=O)c2cc(C)ccc2C)c2ccccc2c1=O. The van der Waals surface area contributed by atoms with E-state index < -0.39 is 21.8 Å². The summed E-state index contributed by atoms with van der Waals surface area (Å²) in [4.78, 5) is 37.3. The fourth-order valence-corrected chi connectivity index (χ4v) is 4.60. The van der Waals surface area contributed by atoms with Crippen LogP contribution in [0.5, 0.6) is 0 Å². The van der Waals surface area contributed by atoms with Crippen molar-refractivity contribution in [2.24, 2.45) is 0 Å². The van der Waals surface area contributed by atoms with Crippen LogP contribution in [0.2, 0.25) is 0 Å². The third kappa shape index (κ3) is 5.44. The Balaban J connectivity index is 1.62. The first-order valence-electron chi connectivity index (χ1n) is 10.3. The van der Waals surface area contributed by atoms with Gasteiger partial charge in [-0.05, 0) is 44.0 Å². The topological polar surface area (TPSA) is 139 Å². The molecular weight excluding hydrogens is 446 g/mol. The van der Waals surface area contributed by atoms with E-state index in [1.54, 1.807) is 57.2 Å². The smallest absolute Gasteiger partial charge is 0.273 e. The molecule has 10 nitrogen and oxygen atoms in total. The van der Waals surface area contributed by atoms with E-state index in [0.29, 0.717) is 16.3 Å². The summed E-state index contributed by atoms with van der Waals surface area (Å²) in [5.41, 5.74) is 5.58. The molecule has 33 heavy (non-hydrogen) atoms. The van der Waals surface area contributed by atoms with Crippen molar-refractivity contribution in [3.05, 3.63) is 69.6 Å². The van der Waals surface area contributed by atoms with Crippen LogP contribution in [0.4, 0.5) is 0 Å². The van der Waals surface area contributed by atoms with Crippen molar-refractivity contribution in [2.75, 3.05) is 6.54 Å². The summed E-state index contributed by atoms with van der Waals surface area (Å²) in [5.74, 6) is -1.29. The Hall–Kier alpha value is -3.57. The first kappa shape index (κ1) is 24.1. The molecule has 0 saturated heterocycles. The van der Waals surface area contributed by atoms with E-state index in [4.69, 9.17) is 0 Å². The third-order valence-electron chi connectivity index (χ3n) is 4.98. The van der Waals surface area contributed by atoms with Gasteiger partial charge in [0.15, 0.2) is 5.69 Å². The molecule has 0 saturated carbocycles. The Labute approximate surface area is 191 Å². The van der Waals surface area contributed by atoms with Crippen LogP contribution in [-0.4, -0.2) is 36.6 Å². The molecule has 3 rings (SSSR count). The Morgan fingerprint density at radius 3 is 2.42 bits per heavy atom. The van der Waals surface area contributed by atoms with Gasteiger partial charge >= 0.3 is 0 Å². The monoisotopic (exact) mass is 471 g/mol. The fourth-order valence-electron chi connectivity index (χ4n) is 3.24. The summed E-state index contributed by atoms with van der Waals surface area (Å²) in [5, 5.41) is 4.79. The van der Waals surface area contributed by atoms with E-state index in [1.807, 2.05) is 6.07 Å². The van der Waals surface area contributed by atoms with Crippen molar-refractivity contribution in [1.29, 1.82) is 0 Å². The lowest BCUT2D eigenvalue weighted by molar-refractivity contribution is -0.121. The summed E-state index contributed by atoms with van der Waals surface area (Å²) in [6, 6.07) is 11.7. The third-order valence-corrected chi connectivity index (χ3v) is 6.58. The van der Waals surface area contributed by atoms with Gasteiger partial charge in [0.25, 0.3) is 11.5 Å². The zero-order valence-corrected chi connectivity index (χ0v) is 19.3. The first-order valence-corrected chi connectivity index (χ1v) is 11.8. The molecule has 1 heterocycles. The maximum absolute atomic E-state index is 12.6. The Kier molecular flexibility index (Phi) is 7.24. The van der Waals surface area contributed by atoms with Gasteiger partial charge < -0.3 is 0 Å². The van der Waals surface area contributed by atoms with Crippen molar-refractivity contribution in [3.8, 4) is 0 Å². The van der Waals surface area contributed by atoms with Gasteiger partial charge in [0.2, 0.25) is 15.9 Å². The van der Waals surface area contributed by atoms with Crippen LogP contribution in [0.1, 0.15) is 35.0 Å². The average Bonchev–Trinajstić information content (AvgIpc) is 2.79. The van der Waals surface area contributed by atoms with Crippen LogP contribution < -0.4 is 21.1 Å². The van der Waals surface area contributed by atoms with E-state index >= 15 is 0 Å². The zero-order chi connectivity index (χ0) is 24.2. The second kappa shape index (κ2) is 9.92. The van der Waals surface area contributed by atoms with Gasteiger partial charge in [-0.1, -0.05) is 30.3 Å². The second-order valence-electron chi connectivity index (χ2n) is 7.43. The molecule has 0 atom stereocenters. The summed E-state index contributed by atoms with van der Waals surface area (Å²) < 4.78 is 28.6. The molecule has 11 heteroatoms. The molecular formula is C22H25N5O5S. The van der Waals surface area contributed by atoms with E-state index in [2.05, 4.69) is 20.7 Å². The van der Waals surface area contributed by atoms with Crippen molar-refractivity contribution >= 4 is 32.6 Å². The van der Waals surface area contributed by atoms with Crippen LogP contribution in [0.3, 0.4) is 0 Å². The molecule has 0 aliphatic rings. The maximum Gasteiger partial charge on any atom is 0.290 e. The molecule has 0 bridgehead atoms. The molecule has 0 aliphatic carbocycles. The number of amides is 2. The molecule has 0 radical (unpaired) electrons. The molecule has 2 aromatic carbocycles.